The summed E-state index contributed by atoms with van der Waals surface area (Å²) in [5.41, 5.74) is 21.4. The number of primary amides is 1. The fraction of sp³-hybridized carbons (Fsp3) is 0.667. The molecule has 0 rings (SSSR count). The minimum absolute atomic E-state index is 0.0728. The smallest absolute Gasteiger partial charge is 0.326 e. The molecular weight excluding hydrogens is 492 g/mol. The Kier molecular flexibility index (Phi) is 14.9. The van der Waals surface area contributed by atoms with E-state index in [1.54, 1.807) is 13.8 Å². The number of carbonyl (C=O) groups is 6. The molecule has 0 bridgehead atoms. The summed E-state index contributed by atoms with van der Waals surface area (Å²) in [5.74, 6) is -6.74. The average molecular weight is 531 g/mol. The Morgan fingerprint density at radius 3 is 1.86 bits per heavy atom. The SMILES string of the molecule is CCC(C)C(N)C(=O)NC(CC(=O)O)C(=O)NC(CCCN=C(N)N)C(=O)NC(CCC(N)=O)C(=O)O. The van der Waals surface area contributed by atoms with Gasteiger partial charge in [-0.2, -0.15) is 0 Å². The van der Waals surface area contributed by atoms with E-state index >= 15 is 0 Å². The van der Waals surface area contributed by atoms with Crippen LogP contribution in [0.15, 0.2) is 4.99 Å². The van der Waals surface area contributed by atoms with Gasteiger partial charge in [-0.05, 0) is 25.2 Å². The van der Waals surface area contributed by atoms with Gasteiger partial charge in [-0.1, -0.05) is 20.3 Å². The van der Waals surface area contributed by atoms with Crippen molar-refractivity contribution in [2.24, 2.45) is 33.8 Å². The molecule has 210 valence electrons. The lowest BCUT2D eigenvalue weighted by molar-refractivity contribution is -0.143. The van der Waals surface area contributed by atoms with E-state index in [4.69, 9.17) is 22.9 Å². The maximum Gasteiger partial charge on any atom is 0.326 e. The summed E-state index contributed by atoms with van der Waals surface area (Å²) in [6, 6.07) is -5.42. The summed E-state index contributed by atoms with van der Waals surface area (Å²) in [7, 11) is 0. The Morgan fingerprint density at radius 1 is 0.838 bits per heavy atom. The van der Waals surface area contributed by atoms with Gasteiger partial charge < -0.3 is 49.1 Å². The lowest BCUT2D eigenvalue weighted by Gasteiger charge is -2.25. The van der Waals surface area contributed by atoms with Crippen LogP contribution in [0.3, 0.4) is 0 Å². The molecule has 16 heteroatoms. The fourth-order valence-electron chi connectivity index (χ4n) is 3.03. The lowest BCUT2D eigenvalue weighted by atomic mass is 9.99. The molecule has 0 aliphatic heterocycles. The third kappa shape index (κ3) is 13.6. The van der Waals surface area contributed by atoms with Crippen molar-refractivity contribution < 1.29 is 39.0 Å². The van der Waals surface area contributed by atoms with Crippen molar-refractivity contribution in [3.63, 3.8) is 0 Å². The number of aliphatic carboxylic acids is 2. The van der Waals surface area contributed by atoms with Crippen LogP contribution in [0, 0.1) is 5.92 Å². The minimum Gasteiger partial charge on any atom is -0.481 e. The molecule has 5 atom stereocenters. The first kappa shape index (κ1) is 33.0. The first-order valence-electron chi connectivity index (χ1n) is 11.6. The lowest BCUT2D eigenvalue weighted by Crippen LogP contribution is -2.58. The molecule has 4 amide bonds. The summed E-state index contributed by atoms with van der Waals surface area (Å²) in [4.78, 5) is 75.8. The van der Waals surface area contributed by atoms with Crippen molar-refractivity contribution in [1.29, 1.82) is 0 Å². The van der Waals surface area contributed by atoms with Crippen LogP contribution in [0.4, 0.5) is 0 Å². The van der Waals surface area contributed by atoms with Crippen molar-refractivity contribution >= 4 is 41.5 Å². The predicted molar refractivity (Wildman–Crippen MR) is 131 cm³/mol. The van der Waals surface area contributed by atoms with Crippen molar-refractivity contribution in [2.75, 3.05) is 6.54 Å². The second kappa shape index (κ2) is 16.7. The number of nitrogens with one attached hydrogen (secondary N) is 3. The average Bonchev–Trinajstić information content (AvgIpc) is 2.80. The first-order valence-corrected chi connectivity index (χ1v) is 11.6. The number of nitrogens with two attached hydrogens (primary N) is 4. The van der Waals surface area contributed by atoms with E-state index in [9.17, 15) is 39.0 Å². The molecule has 0 aliphatic carbocycles. The topological polar surface area (TPSA) is 295 Å². The molecule has 0 spiro atoms. The van der Waals surface area contributed by atoms with Gasteiger partial charge in [-0.3, -0.25) is 29.0 Å². The second-order valence-electron chi connectivity index (χ2n) is 8.48. The van der Waals surface area contributed by atoms with E-state index in [1.807, 2.05) is 0 Å². The zero-order valence-electron chi connectivity index (χ0n) is 20.9. The van der Waals surface area contributed by atoms with Crippen molar-refractivity contribution in [2.45, 2.75) is 76.5 Å². The number of nitrogens with zero attached hydrogens (tertiary/aromatic N) is 1. The van der Waals surface area contributed by atoms with Crippen molar-refractivity contribution in [1.82, 2.24) is 16.0 Å². The van der Waals surface area contributed by atoms with Gasteiger partial charge in [0.2, 0.25) is 23.6 Å². The largest absolute Gasteiger partial charge is 0.481 e. The number of hydrogen-bond acceptors (Lipinski definition) is 8. The van der Waals surface area contributed by atoms with Gasteiger partial charge in [-0.15, -0.1) is 0 Å². The molecule has 5 unspecified atom stereocenters. The number of aliphatic imine (C=N–C) groups is 1. The van der Waals surface area contributed by atoms with Gasteiger partial charge in [0, 0.05) is 13.0 Å². The van der Waals surface area contributed by atoms with Gasteiger partial charge >= 0.3 is 11.9 Å². The Bertz CT molecular complexity index is 861. The maximum absolute atomic E-state index is 12.9. The van der Waals surface area contributed by atoms with Crippen molar-refractivity contribution in [3.8, 4) is 0 Å². The summed E-state index contributed by atoms with van der Waals surface area (Å²) in [5, 5.41) is 25.4. The summed E-state index contributed by atoms with van der Waals surface area (Å²) < 4.78 is 0. The van der Waals surface area contributed by atoms with Crippen LogP contribution in [-0.2, 0) is 28.8 Å². The molecular formula is C21H38N8O8. The molecule has 0 aromatic rings. The normalized spacial score (nSPS) is 14.7. The van der Waals surface area contributed by atoms with Crippen LogP contribution in [0.1, 0.15) is 52.4 Å². The zero-order chi connectivity index (χ0) is 28.7. The fourth-order valence-corrected chi connectivity index (χ4v) is 3.03. The van der Waals surface area contributed by atoms with Gasteiger partial charge in [-0.25, -0.2) is 4.79 Å². The standard InChI is InChI=1S/C21H38N8O8/c1-3-10(2)16(23)19(35)29-13(9-15(31)32)18(34)27-11(5-4-8-26-21(24)25)17(33)28-12(20(36)37)6-7-14(22)30/h10-13,16H,3-9,23H2,1-2H3,(H2,22,30)(H,27,34)(H,28,33)(H,29,35)(H,31,32)(H,36,37)(H4,24,25,26). The third-order valence-electron chi connectivity index (χ3n) is 5.44. The summed E-state index contributed by atoms with van der Waals surface area (Å²) in [6.45, 7) is 3.59. The third-order valence-corrected chi connectivity index (χ3v) is 5.44. The maximum atomic E-state index is 12.9. The summed E-state index contributed by atoms with van der Waals surface area (Å²) >= 11 is 0. The molecule has 0 saturated heterocycles. The van der Waals surface area contributed by atoms with E-state index in [-0.39, 0.29) is 44.1 Å². The summed E-state index contributed by atoms with van der Waals surface area (Å²) in [6.07, 6.45) is -0.759. The van der Waals surface area contributed by atoms with Crippen LogP contribution in [0.2, 0.25) is 0 Å². The Hall–Kier alpha value is -3.95. The molecule has 0 radical (unpaired) electrons. The molecule has 16 nitrogen and oxygen atoms in total. The number of carboxylic acids is 2. The van der Waals surface area contributed by atoms with E-state index in [2.05, 4.69) is 20.9 Å². The highest BCUT2D eigenvalue weighted by Crippen LogP contribution is 2.08. The molecule has 0 aromatic heterocycles. The number of amides is 4. The minimum atomic E-state index is -1.57. The van der Waals surface area contributed by atoms with E-state index < -0.39 is 66.2 Å². The van der Waals surface area contributed by atoms with Crippen LogP contribution in [-0.4, -0.2) is 82.5 Å². The predicted octanol–water partition coefficient (Wildman–Crippen LogP) is -3.31. The molecule has 0 aliphatic rings. The van der Waals surface area contributed by atoms with Gasteiger partial charge in [0.15, 0.2) is 5.96 Å². The Morgan fingerprint density at radius 2 is 1.38 bits per heavy atom. The highest BCUT2D eigenvalue weighted by molar-refractivity contribution is 5.95. The van der Waals surface area contributed by atoms with Crippen LogP contribution in [0.5, 0.6) is 0 Å². The van der Waals surface area contributed by atoms with Gasteiger partial charge in [0.05, 0.1) is 12.5 Å². The number of guanidine groups is 1. The van der Waals surface area contributed by atoms with E-state index in [0.29, 0.717) is 6.42 Å². The van der Waals surface area contributed by atoms with Crippen LogP contribution in [0.25, 0.3) is 0 Å². The van der Waals surface area contributed by atoms with Gasteiger partial charge in [0.25, 0.3) is 0 Å². The number of rotatable bonds is 18. The molecule has 0 heterocycles. The number of hydrogen-bond donors (Lipinski definition) is 9. The van der Waals surface area contributed by atoms with Crippen LogP contribution >= 0.6 is 0 Å². The first-order chi connectivity index (χ1) is 17.2. The van der Waals surface area contributed by atoms with Gasteiger partial charge in [0.1, 0.15) is 18.1 Å². The molecule has 0 aromatic carbocycles. The molecule has 0 saturated carbocycles. The monoisotopic (exact) mass is 530 g/mol. The zero-order valence-corrected chi connectivity index (χ0v) is 20.9. The highest BCUT2D eigenvalue weighted by Gasteiger charge is 2.32. The molecule has 37 heavy (non-hydrogen) atoms. The highest BCUT2D eigenvalue weighted by atomic mass is 16.4. The molecule has 13 N–H and O–H groups in total. The van der Waals surface area contributed by atoms with E-state index in [1.165, 1.54) is 0 Å². The number of carbonyl (C=O) groups excluding carboxylic acids is 4. The Balaban J connectivity index is 5.71. The van der Waals surface area contributed by atoms with E-state index in [0.717, 1.165) is 0 Å². The van der Waals surface area contributed by atoms with Crippen LogP contribution < -0.4 is 38.9 Å². The second-order valence-corrected chi connectivity index (χ2v) is 8.48. The van der Waals surface area contributed by atoms with Crippen molar-refractivity contribution in [3.05, 3.63) is 0 Å². The number of carboxylic acid groups (broad SMARTS) is 2. The molecule has 0 fully saturated rings. The Labute approximate surface area is 214 Å². The quantitative estimate of drug-likeness (QED) is 0.0480.